The number of ketones is 1. The van der Waals surface area contributed by atoms with Crippen molar-refractivity contribution in [3.05, 3.63) is 64.7 Å². The summed E-state index contributed by atoms with van der Waals surface area (Å²) in [5.41, 5.74) is 2.19. The van der Waals surface area contributed by atoms with Crippen molar-refractivity contribution in [1.82, 2.24) is 4.90 Å². The van der Waals surface area contributed by atoms with Gasteiger partial charge in [-0.15, -0.1) is 0 Å². The second kappa shape index (κ2) is 10.6. The fourth-order valence-electron chi connectivity index (χ4n) is 4.03. The van der Waals surface area contributed by atoms with Crippen LogP contribution in [0.2, 0.25) is 0 Å². The number of benzene rings is 2. The summed E-state index contributed by atoms with van der Waals surface area (Å²) in [6.07, 6.45) is 1.62. The van der Waals surface area contributed by atoms with Crippen LogP contribution < -0.4 is 9.47 Å². The summed E-state index contributed by atoms with van der Waals surface area (Å²) in [5.74, 6) is 0.00385. The molecule has 0 bridgehead atoms. The Morgan fingerprint density at radius 2 is 1.76 bits per heavy atom. The Labute approximate surface area is 195 Å². The number of rotatable bonds is 9. The molecule has 1 amide bonds. The van der Waals surface area contributed by atoms with Crippen LogP contribution in [0.1, 0.15) is 63.3 Å². The molecule has 1 N–H and O–H groups in total. The predicted molar refractivity (Wildman–Crippen MR) is 128 cm³/mol. The largest absolute Gasteiger partial charge is 0.507 e. The van der Waals surface area contributed by atoms with Crippen LogP contribution in [0.15, 0.2) is 48.0 Å². The van der Waals surface area contributed by atoms with E-state index in [0.717, 1.165) is 23.3 Å². The Morgan fingerprint density at radius 3 is 2.33 bits per heavy atom. The van der Waals surface area contributed by atoms with Crippen molar-refractivity contribution in [1.29, 1.82) is 0 Å². The molecule has 1 fully saturated rings. The highest BCUT2D eigenvalue weighted by Crippen LogP contribution is 2.40. The van der Waals surface area contributed by atoms with Crippen LogP contribution in [0.5, 0.6) is 11.5 Å². The Morgan fingerprint density at radius 1 is 1.06 bits per heavy atom. The molecule has 1 heterocycles. The monoisotopic (exact) mass is 451 g/mol. The number of hydrogen-bond acceptors (Lipinski definition) is 5. The molecule has 0 saturated carbocycles. The summed E-state index contributed by atoms with van der Waals surface area (Å²) in [4.78, 5) is 27.4. The van der Waals surface area contributed by atoms with Crippen LogP contribution in [0, 0.1) is 6.92 Å². The van der Waals surface area contributed by atoms with Gasteiger partial charge in [-0.1, -0.05) is 26.0 Å². The molecule has 1 atom stereocenters. The third-order valence-corrected chi connectivity index (χ3v) is 5.48. The lowest BCUT2D eigenvalue weighted by molar-refractivity contribution is -0.139. The standard InChI is InChI=1S/C27H33NO5/c1-6-14-28-24(19-8-11-21(12-9-19)33-17(3)4)23(26(30)27(28)31)25(29)20-10-13-22(18(5)16-20)32-15-7-2/h8-13,16-17,24,29H,6-7,14-15H2,1-5H3/b25-23-. The first-order valence-corrected chi connectivity index (χ1v) is 11.6. The zero-order valence-corrected chi connectivity index (χ0v) is 20.1. The lowest BCUT2D eigenvalue weighted by Crippen LogP contribution is -2.30. The minimum Gasteiger partial charge on any atom is -0.507 e. The number of carbonyl (C=O) groups is 2. The highest BCUT2D eigenvalue weighted by molar-refractivity contribution is 6.46. The van der Waals surface area contributed by atoms with Gasteiger partial charge in [-0.2, -0.15) is 0 Å². The minimum atomic E-state index is -0.669. The van der Waals surface area contributed by atoms with Crippen LogP contribution in [0.4, 0.5) is 0 Å². The van der Waals surface area contributed by atoms with Crippen LogP contribution in [0.25, 0.3) is 5.76 Å². The number of ether oxygens (including phenoxy) is 2. The predicted octanol–water partition coefficient (Wildman–Crippen LogP) is 5.40. The van der Waals surface area contributed by atoms with Crippen LogP contribution in [0.3, 0.4) is 0 Å². The number of aryl methyl sites for hydroxylation is 1. The van der Waals surface area contributed by atoms with Crippen molar-refractivity contribution < 1.29 is 24.2 Å². The third kappa shape index (κ3) is 5.21. The molecule has 1 unspecified atom stereocenters. The molecule has 1 aliphatic heterocycles. The van der Waals surface area contributed by atoms with Crippen molar-refractivity contribution in [2.75, 3.05) is 13.2 Å². The summed E-state index contributed by atoms with van der Waals surface area (Å²) in [7, 11) is 0. The molecule has 0 spiro atoms. The van der Waals surface area contributed by atoms with Crippen molar-refractivity contribution in [2.45, 2.75) is 59.6 Å². The summed E-state index contributed by atoms with van der Waals surface area (Å²) in [6.45, 7) is 10.8. The lowest BCUT2D eigenvalue weighted by Gasteiger charge is -2.25. The van der Waals surface area contributed by atoms with Crippen molar-refractivity contribution >= 4 is 17.4 Å². The van der Waals surface area contributed by atoms with E-state index in [2.05, 4.69) is 0 Å². The van der Waals surface area contributed by atoms with Gasteiger partial charge in [0.1, 0.15) is 17.3 Å². The minimum absolute atomic E-state index is 0.0362. The van der Waals surface area contributed by atoms with Crippen LogP contribution in [-0.4, -0.2) is 41.0 Å². The van der Waals surface area contributed by atoms with E-state index < -0.39 is 17.7 Å². The van der Waals surface area contributed by atoms with Gasteiger partial charge in [0.2, 0.25) is 0 Å². The summed E-state index contributed by atoms with van der Waals surface area (Å²) < 4.78 is 11.4. The quantitative estimate of drug-likeness (QED) is 0.314. The smallest absolute Gasteiger partial charge is 0.295 e. The van der Waals surface area contributed by atoms with Gasteiger partial charge in [0.25, 0.3) is 11.7 Å². The van der Waals surface area contributed by atoms with E-state index in [1.54, 1.807) is 18.2 Å². The number of Topliss-reactive ketones (excluding diaryl/α,β-unsaturated/α-hetero) is 1. The highest BCUT2D eigenvalue weighted by atomic mass is 16.5. The molecule has 2 aromatic carbocycles. The van der Waals surface area contributed by atoms with E-state index in [9.17, 15) is 14.7 Å². The van der Waals surface area contributed by atoms with Crippen molar-refractivity contribution in [2.24, 2.45) is 0 Å². The van der Waals surface area contributed by atoms with E-state index in [1.807, 2.05) is 58.9 Å². The molecule has 176 valence electrons. The third-order valence-electron chi connectivity index (χ3n) is 5.48. The molecule has 0 aromatic heterocycles. The maximum absolute atomic E-state index is 13.0. The first-order valence-electron chi connectivity index (χ1n) is 11.6. The molecule has 0 radical (unpaired) electrons. The van der Waals surface area contributed by atoms with Crippen molar-refractivity contribution in [3.8, 4) is 11.5 Å². The summed E-state index contributed by atoms with van der Waals surface area (Å²) in [6, 6.07) is 12.0. The van der Waals surface area contributed by atoms with Gasteiger partial charge in [0, 0.05) is 12.1 Å². The number of hydrogen-bond donors (Lipinski definition) is 1. The summed E-state index contributed by atoms with van der Waals surface area (Å²) in [5, 5.41) is 11.2. The Kier molecular flexibility index (Phi) is 7.79. The maximum atomic E-state index is 13.0. The Hall–Kier alpha value is -3.28. The molecule has 1 saturated heterocycles. The van der Waals surface area contributed by atoms with E-state index >= 15 is 0 Å². The zero-order valence-electron chi connectivity index (χ0n) is 20.1. The molecule has 2 aromatic rings. The number of nitrogens with zero attached hydrogens (tertiary/aromatic N) is 1. The van der Waals surface area contributed by atoms with Gasteiger partial charge in [-0.05, 0) is 75.1 Å². The lowest BCUT2D eigenvalue weighted by atomic mass is 9.94. The SMILES string of the molecule is CCCOc1ccc(/C(O)=C2/C(=O)C(=O)N(CCC)C2c2ccc(OC(C)C)cc2)cc1C. The van der Waals surface area contributed by atoms with E-state index in [-0.39, 0.29) is 17.4 Å². The van der Waals surface area contributed by atoms with Crippen LogP contribution >= 0.6 is 0 Å². The van der Waals surface area contributed by atoms with E-state index in [4.69, 9.17) is 9.47 Å². The normalized spacial score (nSPS) is 17.6. The molecule has 1 aliphatic rings. The first kappa shape index (κ1) is 24.4. The fourth-order valence-corrected chi connectivity index (χ4v) is 4.03. The van der Waals surface area contributed by atoms with Crippen molar-refractivity contribution in [3.63, 3.8) is 0 Å². The molecule has 3 rings (SSSR count). The number of aliphatic hydroxyl groups excluding tert-OH is 1. The zero-order chi connectivity index (χ0) is 24.1. The second-order valence-electron chi connectivity index (χ2n) is 8.56. The number of carbonyl (C=O) groups excluding carboxylic acids is 2. The van der Waals surface area contributed by atoms with Gasteiger partial charge in [-0.3, -0.25) is 9.59 Å². The van der Waals surface area contributed by atoms with Gasteiger partial charge < -0.3 is 19.5 Å². The number of amides is 1. The summed E-state index contributed by atoms with van der Waals surface area (Å²) >= 11 is 0. The molecule has 6 nitrogen and oxygen atoms in total. The van der Waals surface area contributed by atoms with Crippen LogP contribution in [-0.2, 0) is 9.59 Å². The first-order chi connectivity index (χ1) is 15.8. The topological polar surface area (TPSA) is 76.1 Å². The number of likely N-dealkylation sites (tertiary alicyclic amines) is 1. The average molecular weight is 452 g/mol. The Bertz CT molecular complexity index is 1040. The molecular formula is C27H33NO5. The number of aliphatic hydroxyl groups is 1. The molecule has 33 heavy (non-hydrogen) atoms. The second-order valence-corrected chi connectivity index (χ2v) is 8.56. The molecule has 6 heteroatoms. The average Bonchev–Trinajstić information content (AvgIpc) is 3.03. The van der Waals surface area contributed by atoms with Gasteiger partial charge in [0.15, 0.2) is 0 Å². The van der Waals surface area contributed by atoms with E-state index in [0.29, 0.717) is 30.9 Å². The maximum Gasteiger partial charge on any atom is 0.295 e. The Balaban J connectivity index is 2.06. The van der Waals surface area contributed by atoms with Gasteiger partial charge in [0.05, 0.1) is 24.3 Å². The van der Waals surface area contributed by atoms with Gasteiger partial charge >= 0.3 is 0 Å². The molecule has 0 aliphatic carbocycles. The van der Waals surface area contributed by atoms with E-state index in [1.165, 1.54) is 4.90 Å². The highest BCUT2D eigenvalue weighted by Gasteiger charge is 2.45. The fraction of sp³-hybridized carbons (Fsp3) is 0.407. The molecular weight excluding hydrogens is 418 g/mol. The van der Waals surface area contributed by atoms with Gasteiger partial charge in [-0.25, -0.2) is 0 Å².